The van der Waals surface area contributed by atoms with Crippen LogP contribution in [0.15, 0.2) is 0 Å². The van der Waals surface area contributed by atoms with E-state index in [0.717, 1.165) is 0 Å². The number of halogens is 1. The van der Waals surface area contributed by atoms with Crippen LogP contribution in [-0.2, 0) is 4.79 Å². The SMILES string of the molecule is Cl.NC(=O)[C@H](N)CCO. The summed E-state index contributed by atoms with van der Waals surface area (Å²) in [5.41, 5.74) is 9.84. The van der Waals surface area contributed by atoms with Crippen LogP contribution in [0.3, 0.4) is 0 Å². The monoisotopic (exact) mass is 154 g/mol. The molecule has 0 aromatic rings. The molecule has 0 radical (unpaired) electrons. The van der Waals surface area contributed by atoms with E-state index in [1.165, 1.54) is 0 Å². The van der Waals surface area contributed by atoms with Crippen LogP contribution in [0.25, 0.3) is 0 Å². The largest absolute Gasteiger partial charge is 0.396 e. The zero-order valence-electron chi connectivity index (χ0n) is 4.91. The van der Waals surface area contributed by atoms with Crippen LogP contribution in [0.2, 0.25) is 0 Å². The van der Waals surface area contributed by atoms with Gasteiger partial charge in [0.2, 0.25) is 5.91 Å². The number of amides is 1. The highest BCUT2D eigenvalue weighted by atomic mass is 35.5. The van der Waals surface area contributed by atoms with Gasteiger partial charge in [0.25, 0.3) is 0 Å². The number of primary amides is 1. The summed E-state index contributed by atoms with van der Waals surface area (Å²) < 4.78 is 0. The Morgan fingerprint density at radius 3 is 2.22 bits per heavy atom. The molecule has 0 heterocycles. The minimum absolute atomic E-state index is 0. The van der Waals surface area contributed by atoms with E-state index < -0.39 is 11.9 Å². The average Bonchev–Trinajstić information content (AvgIpc) is 1.67. The number of aliphatic hydroxyl groups is 1. The molecule has 56 valence electrons. The van der Waals surface area contributed by atoms with Crippen LogP contribution < -0.4 is 11.5 Å². The Bertz CT molecular complexity index is 88.6. The van der Waals surface area contributed by atoms with Gasteiger partial charge in [0.05, 0.1) is 6.04 Å². The van der Waals surface area contributed by atoms with Crippen molar-refractivity contribution in [1.29, 1.82) is 0 Å². The van der Waals surface area contributed by atoms with Gasteiger partial charge in [0.15, 0.2) is 0 Å². The first-order chi connectivity index (χ1) is 3.68. The lowest BCUT2D eigenvalue weighted by molar-refractivity contribution is -0.119. The predicted molar refractivity (Wildman–Crippen MR) is 36.1 cm³/mol. The van der Waals surface area contributed by atoms with Crippen LogP contribution in [-0.4, -0.2) is 23.7 Å². The number of carbonyl (C=O) groups excluding carboxylic acids is 1. The smallest absolute Gasteiger partial charge is 0.234 e. The summed E-state index contributed by atoms with van der Waals surface area (Å²) in [6.45, 7) is -0.0931. The molecule has 0 aliphatic rings. The zero-order valence-corrected chi connectivity index (χ0v) is 5.73. The predicted octanol–water partition coefficient (Wildman–Crippen LogP) is -1.40. The molecule has 0 aliphatic carbocycles. The molecule has 0 saturated carbocycles. The quantitative estimate of drug-likeness (QED) is 0.467. The Morgan fingerprint density at radius 2 is 2.11 bits per heavy atom. The third-order valence-corrected chi connectivity index (χ3v) is 0.806. The van der Waals surface area contributed by atoms with Crippen LogP contribution >= 0.6 is 12.4 Å². The molecule has 9 heavy (non-hydrogen) atoms. The van der Waals surface area contributed by atoms with E-state index in [2.05, 4.69) is 0 Å². The molecule has 1 atom stereocenters. The zero-order chi connectivity index (χ0) is 6.57. The molecular formula is C4H11ClN2O2. The Hall–Kier alpha value is -0.320. The highest BCUT2D eigenvalue weighted by Crippen LogP contribution is 1.81. The minimum Gasteiger partial charge on any atom is -0.396 e. The summed E-state index contributed by atoms with van der Waals surface area (Å²) in [5, 5.41) is 8.20. The number of hydrogen-bond acceptors (Lipinski definition) is 3. The van der Waals surface area contributed by atoms with Crippen LogP contribution in [0.1, 0.15) is 6.42 Å². The van der Waals surface area contributed by atoms with E-state index in [0.29, 0.717) is 0 Å². The molecule has 1 amide bonds. The van der Waals surface area contributed by atoms with Crippen molar-refractivity contribution in [3.05, 3.63) is 0 Å². The van der Waals surface area contributed by atoms with Crippen molar-refractivity contribution in [3.8, 4) is 0 Å². The Morgan fingerprint density at radius 1 is 1.67 bits per heavy atom. The lowest BCUT2D eigenvalue weighted by atomic mass is 10.2. The molecular weight excluding hydrogens is 144 g/mol. The fourth-order valence-electron chi connectivity index (χ4n) is 0.281. The summed E-state index contributed by atoms with van der Waals surface area (Å²) in [6, 6.07) is -0.694. The third-order valence-electron chi connectivity index (χ3n) is 0.806. The van der Waals surface area contributed by atoms with Crippen LogP contribution in [0.4, 0.5) is 0 Å². The highest BCUT2D eigenvalue weighted by Gasteiger charge is 2.05. The molecule has 4 nitrogen and oxygen atoms in total. The number of hydrogen-bond donors (Lipinski definition) is 3. The molecule has 0 aromatic heterocycles. The molecule has 0 unspecified atom stereocenters. The Balaban J connectivity index is 0. The lowest BCUT2D eigenvalue weighted by Crippen LogP contribution is -2.36. The summed E-state index contributed by atoms with van der Waals surface area (Å²) in [5.74, 6) is -0.570. The second-order valence-corrected chi connectivity index (χ2v) is 1.52. The maximum Gasteiger partial charge on any atom is 0.234 e. The highest BCUT2D eigenvalue weighted by molar-refractivity contribution is 5.85. The van der Waals surface area contributed by atoms with Crippen LogP contribution in [0, 0.1) is 0 Å². The van der Waals surface area contributed by atoms with E-state index in [1.807, 2.05) is 0 Å². The van der Waals surface area contributed by atoms with Gasteiger partial charge in [-0.25, -0.2) is 0 Å². The molecule has 0 aliphatic heterocycles. The van der Waals surface area contributed by atoms with Gasteiger partial charge < -0.3 is 16.6 Å². The Labute approximate surface area is 59.6 Å². The first-order valence-corrected chi connectivity index (χ1v) is 2.34. The van der Waals surface area contributed by atoms with Gasteiger partial charge in [0, 0.05) is 6.61 Å². The fraction of sp³-hybridized carbons (Fsp3) is 0.750. The van der Waals surface area contributed by atoms with Gasteiger partial charge in [-0.3, -0.25) is 4.79 Å². The topological polar surface area (TPSA) is 89.3 Å². The lowest BCUT2D eigenvalue weighted by Gasteiger charge is -2.01. The first-order valence-electron chi connectivity index (χ1n) is 2.34. The molecule has 0 rings (SSSR count). The van der Waals surface area contributed by atoms with Crippen molar-refractivity contribution >= 4 is 18.3 Å². The maximum absolute atomic E-state index is 10.1. The molecule has 5 heteroatoms. The standard InChI is InChI=1S/C4H10N2O2.ClH/c5-3(1-2-7)4(6)8;/h3,7H,1-2,5H2,(H2,6,8);1H/t3-;/m1./s1. The van der Waals surface area contributed by atoms with Crippen molar-refractivity contribution in [2.45, 2.75) is 12.5 Å². The van der Waals surface area contributed by atoms with Crippen molar-refractivity contribution in [1.82, 2.24) is 0 Å². The fourth-order valence-corrected chi connectivity index (χ4v) is 0.281. The van der Waals surface area contributed by atoms with Gasteiger partial charge in [-0.1, -0.05) is 0 Å². The van der Waals surface area contributed by atoms with Crippen LogP contribution in [0.5, 0.6) is 0 Å². The summed E-state index contributed by atoms with van der Waals surface area (Å²) in [7, 11) is 0. The molecule has 0 fully saturated rings. The second-order valence-electron chi connectivity index (χ2n) is 1.52. The second kappa shape index (κ2) is 5.81. The maximum atomic E-state index is 10.1. The van der Waals surface area contributed by atoms with Gasteiger partial charge in [-0.15, -0.1) is 12.4 Å². The van der Waals surface area contributed by atoms with Gasteiger partial charge in [-0.2, -0.15) is 0 Å². The van der Waals surface area contributed by atoms with Gasteiger partial charge in [-0.05, 0) is 6.42 Å². The molecule has 0 saturated heterocycles. The normalized spacial score (nSPS) is 11.8. The van der Waals surface area contributed by atoms with E-state index in [4.69, 9.17) is 16.6 Å². The van der Waals surface area contributed by atoms with Crippen molar-refractivity contribution in [3.63, 3.8) is 0 Å². The van der Waals surface area contributed by atoms with Crippen molar-refractivity contribution < 1.29 is 9.90 Å². The molecule has 5 N–H and O–H groups in total. The van der Waals surface area contributed by atoms with E-state index >= 15 is 0 Å². The number of aliphatic hydroxyl groups excluding tert-OH is 1. The van der Waals surface area contributed by atoms with Crippen molar-refractivity contribution in [2.24, 2.45) is 11.5 Å². The number of rotatable bonds is 3. The summed E-state index contributed by atoms with van der Waals surface area (Å²) in [4.78, 5) is 10.1. The van der Waals surface area contributed by atoms with Crippen molar-refractivity contribution in [2.75, 3.05) is 6.61 Å². The number of carbonyl (C=O) groups is 1. The Kier molecular flexibility index (Phi) is 7.41. The van der Waals surface area contributed by atoms with E-state index in [-0.39, 0.29) is 25.4 Å². The third kappa shape index (κ3) is 5.55. The summed E-state index contributed by atoms with van der Waals surface area (Å²) in [6.07, 6.45) is 0.245. The van der Waals surface area contributed by atoms with E-state index in [9.17, 15) is 4.79 Å². The van der Waals surface area contributed by atoms with Gasteiger partial charge >= 0.3 is 0 Å². The molecule has 0 spiro atoms. The van der Waals surface area contributed by atoms with E-state index in [1.54, 1.807) is 0 Å². The first kappa shape index (κ1) is 11.5. The number of nitrogens with two attached hydrogens (primary N) is 2. The summed E-state index contributed by atoms with van der Waals surface area (Å²) >= 11 is 0. The molecule has 0 bridgehead atoms. The molecule has 0 aromatic carbocycles. The minimum atomic E-state index is -0.694. The average molecular weight is 155 g/mol. The van der Waals surface area contributed by atoms with Gasteiger partial charge in [0.1, 0.15) is 0 Å².